The SMILES string of the molecule is CC(C)c1ccccc1NCC(=O)NC1CC1. The molecule has 0 aliphatic heterocycles. The Kier molecular flexibility index (Phi) is 3.67. The van der Waals surface area contributed by atoms with E-state index in [1.165, 1.54) is 5.56 Å². The van der Waals surface area contributed by atoms with Crippen molar-refractivity contribution < 1.29 is 4.79 Å². The molecule has 0 atom stereocenters. The van der Waals surface area contributed by atoms with Gasteiger partial charge in [0, 0.05) is 11.7 Å². The number of benzene rings is 1. The molecule has 0 spiro atoms. The second kappa shape index (κ2) is 5.21. The van der Waals surface area contributed by atoms with Crippen LogP contribution in [0.1, 0.15) is 38.2 Å². The molecule has 0 unspecified atom stereocenters. The highest BCUT2D eigenvalue weighted by molar-refractivity contribution is 5.81. The van der Waals surface area contributed by atoms with Gasteiger partial charge in [-0.05, 0) is 30.4 Å². The summed E-state index contributed by atoms with van der Waals surface area (Å²) in [5.74, 6) is 0.552. The lowest BCUT2D eigenvalue weighted by molar-refractivity contribution is -0.119. The molecule has 1 fully saturated rings. The van der Waals surface area contributed by atoms with Crippen molar-refractivity contribution in [3.63, 3.8) is 0 Å². The molecule has 3 heteroatoms. The van der Waals surface area contributed by atoms with Gasteiger partial charge >= 0.3 is 0 Å². The van der Waals surface area contributed by atoms with Crippen LogP contribution in [0, 0.1) is 0 Å². The van der Waals surface area contributed by atoms with Gasteiger partial charge in [0.15, 0.2) is 0 Å². The molecule has 3 nitrogen and oxygen atoms in total. The molecule has 1 amide bonds. The number of hydrogen-bond acceptors (Lipinski definition) is 2. The molecule has 0 saturated heterocycles. The minimum absolute atomic E-state index is 0.0889. The van der Waals surface area contributed by atoms with Gasteiger partial charge in [0.1, 0.15) is 0 Å². The zero-order valence-electron chi connectivity index (χ0n) is 10.5. The van der Waals surface area contributed by atoms with Crippen molar-refractivity contribution >= 4 is 11.6 Å². The summed E-state index contributed by atoms with van der Waals surface area (Å²) in [6, 6.07) is 8.59. The van der Waals surface area contributed by atoms with Crippen LogP contribution in [0.4, 0.5) is 5.69 Å². The summed E-state index contributed by atoms with van der Waals surface area (Å²) in [6.45, 7) is 4.68. The molecule has 1 aliphatic rings. The molecular formula is C14H20N2O. The number of carbonyl (C=O) groups is 1. The Morgan fingerprint density at radius 1 is 1.35 bits per heavy atom. The summed E-state index contributed by atoms with van der Waals surface area (Å²) >= 11 is 0. The second-order valence-corrected chi connectivity index (χ2v) is 4.94. The first-order chi connectivity index (χ1) is 8.16. The fourth-order valence-corrected chi connectivity index (χ4v) is 1.84. The Hall–Kier alpha value is -1.51. The first kappa shape index (κ1) is 12.0. The average Bonchev–Trinajstić information content (AvgIpc) is 3.10. The van der Waals surface area contributed by atoms with Gasteiger partial charge in [-0.1, -0.05) is 32.0 Å². The zero-order valence-corrected chi connectivity index (χ0v) is 10.5. The van der Waals surface area contributed by atoms with Crippen LogP contribution < -0.4 is 10.6 Å². The van der Waals surface area contributed by atoms with E-state index in [4.69, 9.17) is 0 Å². The number of nitrogens with one attached hydrogen (secondary N) is 2. The van der Waals surface area contributed by atoms with Gasteiger partial charge in [-0.25, -0.2) is 0 Å². The quantitative estimate of drug-likeness (QED) is 0.819. The standard InChI is InChI=1S/C14H20N2O/c1-10(2)12-5-3-4-6-13(12)15-9-14(17)16-11-7-8-11/h3-6,10-11,15H,7-9H2,1-2H3,(H,16,17). The summed E-state index contributed by atoms with van der Waals surface area (Å²) in [5, 5.41) is 6.19. The van der Waals surface area contributed by atoms with Crippen LogP contribution in [-0.2, 0) is 4.79 Å². The zero-order chi connectivity index (χ0) is 12.3. The molecule has 1 aliphatic carbocycles. The van der Waals surface area contributed by atoms with Gasteiger partial charge in [0.25, 0.3) is 0 Å². The van der Waals surface area contributed by atoms with Crippen LogP contribution in [0.25, 0.3) is 0 Å². The number of anilines is 1. The normalized spacial score (nSPS) is 14.8. The maximum Gasteiger partial charge on any atom is 0.239 e. The van der Waals surface area contributed by atoms with Gasteiger partial charge in [-0.15, -0.1) is 0 Å². The van der Waals surface area contributed by atoms with E-state index in [0.717, 1.165) is 18.5 Å². The van der Waals surface area contributed by atoms with Gasteiger partial charge in [0.2, 0.25) is 5.91 Å². The molecule has 1 aromatic carbocycles. The molecule has 92 valence electrons. The monoisotopic (exact) mass is 232 g/mol. The molecule has 0 bridgehead atoms. The Morgan fingerprint density at radius 2 is 2.06 bits per heavy atom. The molecule has 1 aromatic rings. The van der Waals surface area contributed by atoms with Crippen molar-refractivity contribution in [1.82, 2.24) is 5.32 Å². The summed E-state index contributed by atoms with van der Waals surface area (Å²) in [5.41, 5.74) is 2.32. The Balaban J connectivity index is 1.90. The number of carbonyl (C=O) groups excluding carboxylic acids is 1. The molecule has 0 radical (unpaired) electrons. The van der Waals surface area contributed by atoms with E-state index in [-0.39, 0.29) is 5.91 Å². The third-order valence-corrected chi connectivity index (χ3v) is 2.96. The average molecular weight is 232 g/mol. The van der Waals surface area contributed by atoms with Crippen LogP contribution >= 0.6 is 0 Å². The predicted molar refractivity (Wildman–Crippen MR) is 70.2 cm³/mol. The van der Waals surface area contributed by atoms with E-state index < -0.39 is 0 Å². The van der Waals surface area contributed by atoms with Gasteiger partial charge in [0.05, 0.1) is 6.54 Å². The lowest BCUT2D eigenvalue weighted by atomic mass is 10.0. The predicted octanol–water partition coefficient (Wildman–Crippen LogP) is 2.50. The Labute approximate surface area is 103 Å². The van der Waals surface area contributed by atoms with E-state index in [9.17, 15) is 4.79 Å². The van der Waals surface area contributed by atoms with E-state index in [1.807, 2.05) is 18.2 Å². The molecular weight excluding hydrogens is 212 g/mol. The van der Waals surface area contributed by atoms with Crippen molar-refractivity contribution in [2.24, 2.45) is 0 Å². The highest BCUT2D eigenvalue weighted by Gasteiger charge is 2.22. The van der Waals surface area contributed by atoms with Crippen LogP contribution in [-0.4, -0.2) is 18.5 Å². The molecule has 1 saturated carbocycles. The lowest BCUT2D eigenvalue weighted by Crippen LogP contribution is -2.31. The first-order valence-corrected chi connectivity index (χ1v) is 6.29. The molecule has 2 rings (SSSR count). The summed E-state index contributed by atoms with van der Waals surface area (Å²) in [6.07, 6.45) is 2.27. The first-order valence-electron chi connectivity index (χ1n) is 6.29. The Morgan fingerprint density at radius 3 is 2.71 bits per heavy atom. The smallest absolute Gasteiger partial charge is 0.239 e. The lowest BCUT2D eigenvalue weighted by Gasteiger charge is -2.14. The third kappa shape index (κ3) is 3.48. The number of para-hydroxylation sites is 1. The Bertz CT molecular complexity index is 397. The van der Waals surface area contributed by atoms with E-state index in [2.05, 4.69) is 30.5 Å². The minimum Gasteiger partial charge on any atom is -0.376 e. The molecule has 17 heavy (non-hydrogen) atoms. The minimum atomic E-state index is 0.0889. The second-order valence-electron chi connectivity index (χ2n) is 4.94. The van der Waals surface area contributed by atoms with Gasteiger partial charge in [-0.3, -0.25) is 4.79 Å². The number of hydrogen-bond donors (Lipinski definition) is 2. The molecule has 0 aromatic heterocycles. The fourth-order valence-electron chi connectivity index (χ4n) is 1.84. The maximum absolute atomic E-state index is 11.6. The highest BCUT2D eigenvalue weighted by atomic mass is 16.2. The van der Waals surface area contributed by atoms with Crippen molar-refractivity contribution in [3.8, 4) is 0 Å². The summed E-state index contributed by atoms with van der Waals surface area (Å²) < 4.78 is 0. The number of rotatable bonds is 5. The van der Waals surface area contributed by atoms with Crippen molar-refractivity contribution in [3.05, 3.63) is 29.8 Å². The summed E-state index contributed by atoms with van der Waals surface area (Å²) in [7, 11) is 0. The van der Waals surface area contributed by atoms with E-state index in [1.54, 1.807) is 0 Å². The van der Waals surface area contributed by atoms with Crippen molar-refractivity contribution in [1.29, 1.82) is 0 Å². The van der Waals surface area contributed by atoms with Crippen molar-refractivity contribution in [2.45, 2.75) is 38.6 Å². The fraction of sp³-hybridized carbons (Fsp3) is 0.500. The van der Waals surface area contributed by atoms with Crippen molar-refractivity contribution in [2.75, 3.05) is 11.9 Å². The molecule has 2 N–H and O–H groups in total. The molecule has 0 heterocycles. The van der Waals surface area contributed by atoms with Crippen LogP contribution in [0.15, 0.2) is 24.3 Å². The van der Waals surface area contributed by atoms with Crippen LogP contribution in [0.2, 0.25) is 0 Å². The third-order valence-electron chi connectivity index (χ3n) is 2.96. The van der Waals surface area contributed by atoms with Gasteiger partial charge < -0.3 is 10.6 Å². The summed E-state index contributed by atoms with van der Waals surface area (Å²) in [4.78, 5) is 11.6. The number of amides is 1. The maximum atomic E-state index is 11.6. The highest BCUT2D eigenvalue weighted by Crippen LogP contribution is 2.23. The van der Waals surface area contributed by atoms with Crippen LogP contribution in [0.5, 0.6) is 0 Å². The largest absolute Gasteiger partial charge is 0.376 e. The van der Waals surface area contributed by atoms with Crippen LogP contribution in [0.3, 0.4) is 0 Å². The van der Waals surface area contributed by atoms with E-state index in [0.29, 0.717) is 18.5 Å². The topological polar surface area (TPSA) is 41.1 Å². The van der Waals surface area contributed by atoms with Gasteiger partial charge in [-0.2, -0.15) is 0 Å². The van der Waals surface area contributed by atoms with E-state index >= 15 is 0 Å².